The van der Waals surface area contributed by atoms with Gasteiger partial charge < -0.3 is 10.4 Å². The van der Waals surface area contributed by atoms with E-state index in [1.165, 1.54) is 0 Å². The fourth-order valence-electron chi connectivity index (χ4n) is 2.72. The van der Waals surface area contributed by atoms with Gasteiger partial charge in [0.05, 0.1) is 5.69 Å². The number of fused-ring (bicyclic) bond motifs is 1. The highest BCUT2D eigenvalue weighted by atomic mass is 16.3. The largest absolute Gasteiger partial charge is 0.384 e. The molecule has 0 saturated heterocycles. The van der Waals surface area contributed by atoms with E-state index in [0.717, 1.165) is 34.4 Å². The van der Waals surface area contributed by atoms with Gasteiger partial charge in [-0.2, -0.15) is 0 Å². The lowest BCUT2D eigenvalue weighted by molar-refractivity contribution is -0.116. The lowest BCUT2D eigenvalue weighted by Gasteiger charge is -2.24. The van der Waals surface area contributed by atoms with Gasteiger partial charge in [-0.15, -0.1) is 0 Å². The van der Waals surface area contributed by atoms with E-state index in [-0.39, 0.29) is 5.91 Å². The lowest BCUT2D eigenvalue weighted by atomic mass is 9.91. The molecular formula is C17H17NO2. The van der Waals surface area contributed by atoms with Gasteiger partial charge in [0.25, 0.3) is 0 Å². The number of aliphatic hydroxyl groups excluding tert-OH is 1. The minimum absolute atomic E-state index is 0.0165. The third-order valence-corrected chi connectivity index (χ3v) is 3.69. The van der Waals surface area contributed by atoms with Crippen LogP contribution in [0.2, 0.25) is 0 Å². The van der Waals surface area contributed by atoms with Crippen molar-refractivity contribution in [2.45, 2.75) is 25.9 Å². The van der Waals surface area contributed by atoms with Gasteiger partial charge in [0.1, 0.15) is 6.10 Å². The van der Waals surface area contributed by atoms with Crippen molar-refractivity contribution >= 4 is 11.6 Å². The average molecular weight is 267 g/mol. The fraction of sp³-hybridized carbons (Fsp3) is 0.235. The lowest BCUT2D eigenvalue weighted by Crippen LogP contribution is -2.21. The Balaban J connectivity index is 2.09. The first-order valence-corrected chi connectivity index (χ1v) is 6.81. The Morgan fingerprint density at radius 1 is 1.15 bits per heavy atom. The maximum Gasteiger partial charge on any atom is 0.224 e. The number of anilines is 1. The summed E-state index contributed by atoms with van der Waals surface area (Å²) >= 11 is 0. The van der Waals surface area contributed by atoms with E-state index in [4.69, 9.17) is 0 Å². The van der Waals surface area contributed by atoms with Gasteiger partial charge in [0, 0.05) is 12.0 Å². The van der Waals surface area contributed by atoms with E-state index in [0.29, 0.717) is 6.42 Å². The predicted octanol–water partition coefficient (Wildman–Crippen LogP) is 2.96. The van der Waals surface area contributed by atoms with Crippen molar-refractivity contribution in [1.82, 2.24) is 0 Å². The highest BCUT2D eigenvalue weighted by molar-refractivity contribution is 5.95. The van der Waals surface area contributed by atoms with Crippen LogP contribution >= 0.6 is 0 Å². The molecule has 0 fully saturated rings. The monoisotopic (exact) mass is 267 g/mol. The summed E-state index contributed by atoms with van der Waals surface area (Å²) in [4.78, 5) is 11.6. The quantitative estimate of drug-likeness (QED) is 0.879. The molecule has 0 bridgehead atoms. The van der Waals surface area contributed by atoms with Crippen LogP contribution in [0.3, 0.4) is 0 Å². The SMILES string of the molecule is Cc1cc2c(c(C(O)c3ccccc3)c1)NC(=O)CC2. The number of aliphatic hydroxyl groups is 1. The molecule has 0 radical (unpaired) electrons. The molecule has 0 aromatic heterocycles. The molecule has 0 saturated carbocycles. The second kappa shape index (κ2) is 5.10. The molecule has 1 aliphatic rings. The van der Waals surface area contributed by atoms with Crippen LogP contribution < -0.4 is 5.32 Å². The molecule has 2 N–H and O–H groups in total. The molecule has 1 atom stereocenters. The number of benzene rings is 2. The van der Waals surface area contributed by atoms with Crippen LogP contribution in [0.5, 0.6) is 0 Å². The van der Waals surface area contributed by atoms with Gasteiger partial charge in [-0.25, -0.2) is 0 Å². The van der Waals surface area contributed by atoms with Crippen molar-refractivity contribution in [3.05, 3.63) is 64.7 Å². The minimum Gasteiger partial charge on any atom is -0.384 e. The zero-order valence-electron chi connectivity index (χ0n) is 11.4. The number of aryl methyl sites for hydroxylation is 2. The van der Waals surface area contributed by atoms with Crippen molar-refractivity contribution in [3.63, 3.8) is 0 Å². The second-order valence-electron chi connectivity index (χ2n) is 5.25. The van der Waals surface area contributed by atoms with Crippen molar-refractivity contribution < 1.29 is 9.90 Å². The molecule has 3 rings (SSSR count). The fourth-order valence-corrected chi connectivity index (χ4v) is 2.72. The van der Waals surface area contributed by atoms with E-state index >= 15 is 0 Å². The highest BCUT2D eigenvalue weighted by Gasteiger charge is 2.22. The van der Waals surface area contributed by atoms with E-state index in [2.05, 4.69) is 11.4 Å². The van der Waals surface area contributed by atoms with Crippen molar-refractivity contribution in [1.29, 1.82) is 0 Å². The van der Waals surface area contributed by atoms with Gasteiger partial charge in [-0.1, -0.05) is 48.0 Å². The number of amides is 1. The Kier molecular flexibility index (Phi) is 3.28. The first-order chi connectivity index (χ1) is 9.65. The summed E-state index contributed by atoms with van der Waals surface area (Å²) in [5.41, 5.74) is 4.60. The molecule has 20 heavy (non-hydrogen) atoms. The van der Waals surface area contributed by atoms with Crippen LogP contribution in [0.15, 0.2) is 42.5 Å². The molecular weight excluding hydrogens is 250 g/mol. The van der Waals surface area contributed by atoms with Gasteiger partial charge in [-0.05, 0) is 24.5 Å². The van der Waals surface area contributed by atoms with Crippen LogP contribution in [-0.4, -0.2) is 11.0 Å². The smallest absolute Gasteiger partial charge is 0.224 e. The standard InChI is InChI=1S/C17H17NO2/c1-11-9-13-7-8-15(19)18-16(13)14(10-11)17(20)12-5-3-2-4-6-12/h2-6,9-10,17,20H,7-8H2,1H3,(H,18,19). The molecule has 1 amide bonds. The first kappa shape index (κ1) is 12.9. The molecule has 1 heterocycles. The number of carbonyl (C=O) groups excluding carboxylic acids is 1. The zero-order valence-corrected chi connectivity index (χ0v) is 11.4. The maximum absolute atomic E-state index is 11.6. The number of hydrogen-bond donors (Lipinski definition) is 2. The molecule has 1 unspecified atom stereocenters. The predicted molar refractivity (Wildman–Crippen MR) is 78.6 cm³/mol. The molecule has 3 nitrogen and oxygen atoms in total. The molecule has 102 valence electrons. The van der Waals surface area contributed by atoms with E-state index in [9.17, 15) is 9.90 Å². The minimum atomic E-state index is -0.719. The third-order valence-electron chi connectivity index (χ3n) is 3.69. The molecule has 2 aromatic carbocycles. The zero-order chi connectivity index (χ0) is 14.1. The molecule has 2 aromatic rings. The van der Waals surface area contributed by atoms with Gasteiger partial charge >= 0.3 is 0 Å². The summed E-state index contributed by atoms with van der Waals surface area (Å²) in [5.74, 6) is 0.0165. The van der Waals surface area contributed by atoms with Crippen LogP contribution in [0.4, 0.5) is 5.69 Å². The topological polar surface area (TPSA) is 49.3 Å². The average Bonchev–Trinajstić information content (AvgIpc) is 2.47. The number of rotatable bonds is 2. The maximum atomic E-state index is 11.6. The van der Waals surface area contributed by atoms with Crippen molar-refractivity contribution in [2.75, 3.05) is 5.32 Å². The molecule has 3 heteroatoms. The van der Waals surface area contributed by atoms with Crippen LogP contribution in [0.25, 0.3) is 0 Å². The van der Waals surface area contributed by atoms with Crippen molar-refractivity contribution in [3.8, 4) is 0 Å². The summed E-state index contributed by atoms with van der Waals surface area (Å²) < 4.78 is 0. The Bertz CT molecular complexity index is 650. The van der Waals surface area contributed by atoms with Crippen LogP contribution in [0.1, 0.15) is 34.8 Å². The van der Waals surface area contributed by atoms with Crippen molar-refractivity contribution in [2.24, 2.45) is 0 Å². The van der Waals surface area contributed by atoms with E-state index < -0.39 is 6.10 Å². The summed E-state index contributed by atoms with van der Waals surface area (Å²) in [6.45, 7) is 2.01. The first-order valence-electron chi connectivity index (χ1n) is 6.81. The Labute approximate surface area is 118 Å². The number of hydrogen-bond acceptors (Lipinski definition) is 2. The molecule has 0 aliphatic carbocycles. The normalized spacial score (nSPS) is 15.4. The van der Waals surface area contributed by atoms with Gasteiger partial charge in [-0.3, -0.25) is 4.79 Å². The second-order valence-corrected chi connectivity index (χ2v) is 5.25. The van der Waals surface area contributed by atoms with E-state index in [1.54, 1.807) is 0 Å². The van der Waals surface area contributed by atoms with Gasteiger partial charge in [0.2, 0.25) is 5.91 Å². The van der Waals surface area contributed by atoms with Crippen LogP contribution in [0, 0.1) is 6.92 Å². The number of carbonyl (C=O) groups is 1. The Morgan fingerprint density at radius 2 is 1.90 bits per heavy atom. The van der Waals surface area contributed by atoms with E-state index in [1.807, 2.05) is 43.3 Å². The Hall–Kier alpha value is -2.13. The summed E-state index contributed by atoms with van der Waals surface area (Å²) in [6.07, 6.45) is 0.526. The molecule has 0 spiro atoms. The number of nitrogens with one attached hydrogen (secondary N) is 1. The summed E-state index contributed by atoms with van der Waals surface area (Å²) in [6, 6.07) is 13.5. The summed E-state index contributed by atoms with van der Waals surface area (Å²) in [5, 5.41) is 13.5. The van der Waals surface area contributed by atoms with Gasteiger partial charge in [0.15, 0.2) is 0 Å². The molecule has 1 aliphatic heterocycles. The highest BCUT2D eigenvalue weighted by Crippen LogP contribution is 2.34. The Morgan fingerprint density at radius 3 is 2.65 bits per heavy atom. The third kappa shape index (κ3) is 2.32. The van der Waals surface area contributed by atoms with Crippen LogP contribution in [-0.2, 0) is 11.2 Å². The summed E-state index contributed by atoms with van der Waals surface area (Å²) in [7, 11) is 0.